The van der Waals surface area contributed by atoms with Crippen molar-refractivity contribution >= 4 is 11.7 Å². The summed E-state index contributed by atoms with van der Waals surface area (Å²) in [7, 11) is 0. The lowest BCUT2D eigenvalue weighted by molar-refractivity contribution is 0.172. The molecule has 0 saturated carbocycles. The zero-order chi connectivity index (χ0) is 12.0. The zero-order valence-corrected chi connectivity index (χ0v) is 9.10. The van der Waals surface area contributed by atoms with E-state index in [0.717, 1.165) is 5.56 Å². The van der Waals surface area contributed by atoms with Crippen LogP contribution in [0.4, 0.5) is 10.5 Å². The van der Waals surface area contributed by atoms with Crippen LogP contribution in [0, 0.1) is 6.92 Å². The number of anilines is 1. The second-order valence-electron chi connectivity index (χ2n) is 3.53. The van der Waals surface area contributed by atoms with Crippen LogP contribution in [0.2, 0.25) is 0 Å². The second-order valence-corrected chi connectivity index (χ2v) is 3.53. The Morgan fingerprint density at radius 2 is 2.06 bits per heavy atom. The van der Waals surface area contributed by atoms with Crippen LogP contribution in [0.3, 0.4) is 0 Å². The topological polar surface area (TPSA) is 81.6 Å². The molecule has 4 N–H and O–H groups in total. The number of benzene rings is 1. The minimum atomic E-state index is -0.634. The average molecular weight is 224 g/mol. The second kappa shape index (κ2) is 6.09. The van der Waals surface area contributed by atoms with Gasteiger partial charge in [-0.05, 0) is 24.6 Å². The molecule has 1 aromatic carbocycles. The van der Waals surface area contributed by atoms with Gasteiger partial charge in [0, 0.05) is 5.69 Å². The van der Waals surface area contributed by atoms with E-state index in [2.05, 4.69) is 10.6 Å². The van der Waals surface area contributed by atoms with Crippen molar-refractivity contribution in [1.82, 2.24) is 5.32 Å². The standard InChI is InChI=1S/C11H16N2O3/c1-8-3-2-4-9(5-8)12-11(16)13-10(6-14)7-15/h2-5,10,14-15H,6-7H2,1H3,(H2,12,13,16). The highest BCUT2D eigenvalue weighted by atomic mass is 16.3. The molecule has 88 valence electrons. The lowest BCUT2D eigenvalue weighted by atomic mass is 10.2. The Morgan fingerprint density at radius 3 is 2.62 bits per heavy atom. The summed E-state index contributed by atoms with van der Waals surface area (Å²) in [6.07, 6.45) is 0. The SMILES string of the molecule is Cc1cccc(NC(=O)NC(CO)CO)c1. The normalized spacial score (nSPS) is 10.2. The van der Waals surface area contributed by atoms with Crippen molar-refractivity contribution in [2.75, 3.05) is 18.5 Å². The van der Waals surface area contributed by atoms with Gasteiger partial charge >= 0.3 is 6.03 Å². The van der Waals surface area contributed by atoms with Crippen LogP contribution in [-0.4, -0.2) is 35.5 Å². The number of aryl methyl sites for hydroxylation is 1. The van der Waals surface area contributed by atoms with E-state index in [0.29, 0.717) is 5.69 Å². The van der Waals surface area contributed by atoms with Crippen LogP contribution < -0.4 is 10.6 Å². The van der Waals surface area contributed by atoms with Gasteiger partial charge in [0.15, 0.2) is 0 Å². The fraction of sp³-hybridized carbons (Fsp3) is 0.364. The molecule has 16 heavy (non-hydrogen) atoms. The van der Waals surface area contributed by atoms with Gasteiger partial charge in [0.25, 0.3) is 0 Å². The Morgan fingerprint density at radius 1 is 1.38 bits per heavy atom. The Balaban J connectivity index is 2.51. The Hall–Kier alpha value is -1.59. The van der Waals surface area contributed by atoms with Crippen LogP contribution in [0.25, 0.3) is 0 Å². The van der Waals surface area contributed by atoms with Crippen LogP contribution in [0.15, 0.2) is 24.3 Å². The number of aliphatic hydroxyl groups is 2. The number of urea groups is 1. The van der Waals surface area contributed by atoms with Crippen molar-refractivity contribution in [3.63, 3.8) is 0 Å². The fourth-order valence-electron chi connectivity index (χ4n) is 1.22. The molecule has 0 bridgehead atoms. The first-order chi connectivity index (χ1) is 7.65. The van der Waals surface area contributed by atoms with Crippen LogP contribution in [0.5, 0.6) is 0 Å². The number of aliphatic hydroxyl groups excluding tert-OH is 2. The first-order valence-corrected chi connectivity index (χ1v) is 5.01. The number of hydrogen-bond acceptors (Lipinski definition) is 3. The highest BCUT2D eigenvalue weighted by molar-refractivity contribution is 5.89. The van der Waals surface area contributed by atoms with Gasteiger partial charge in [-0.1, -0.05) is 12.1 Å². The van der Waals surface area contributed by atoms with Gasteiger partial charge in [-0.15, -0.1) is 0 Å². The molecule has 0 unspecified atom stereocenters. The maximum atomic E-state index is 11.4. The molecule has 0 fully saturated rings. The molecule has 5 nitrogen and oxygen atoms in total. The first kappa shape index (κ1) is 12.5. The quantitative estimate of drug-likeness (QED) is 0.600. The molecule has 0 aliphatic rings. The molecular weight excluding hydrogens is 208 g/mol. The van der Waals surface area contributed by atoms with E-state index < -0.39 is 12.1 Å². The Kier molecular flexibility index (Phi) is 4.75. The van der Waals surface area contributed by atoms with Gasteiger partial charge in [-0.25, -0.2) is 4.79 Å². The smallest absolute Gasteiger partial charge is 0.319 e. The summed E-state index contributed by atoms with van der Waals surface area (Å²) in [5, 5.41) is 22.6. The van der Waals surface area contributed by atoms with Gasteiger partial charge in [-0.2, -0.15) is 0 Å². The van der Waals surface area contributed by atoms with E-state index in [9.17, 15) is 4.79 Å². The molecular formula is C11H16N2O3. The number of rotatable bonds is 4. The fourth-order valence-corrected chi connectivity index (χ4v) is 1.22. The summed E-state index contributed by atoms with van der Waals surface area (Å²) in [4.78, 5) is 11.4. The van der Waals surface area contributed by atoms with Gasteiger partial charge in [-0.3, -0.25) is 0 Å². The molecule has 0 aromatic heterocycles. The van der Waals surface area contributed by atoms with E-state index >= 15 is 0 Å². The molecule has 0 aliphatic heterocycles. The highest BCUT2D eigenvalue weighted by Gasteiger charge is 2.09. The molecule has 0 saturated heterocycles. The lowest BCUT2D eigenvalue weighted by Gasteiger charge is -2.14. The number of carbonyl (C=O) groups excluding carboxylic acids is 1. The number of nitrogens with one attached hydrogen (secondary N) is 2. The predicted octanol–water partition coefficient (Wildman–Crippen LogP) is 0.470. The van der Waals surface area contributed by atoms with Gasteiger partial charge in [0.1, 0.15) is 0 Å². The van der Waals surface area contributed by atoms with Crippen LogP contribution in [-0.2, 0) is 0 Å². The zero-order valence-electron chi connectivity index (χ0n) is 9.10. The van der Waals surface area contributed by atoms with Crippen molar-refractivity contribution in [2.24, 2.45) is 0 Å². The van der Waals surface area contributed by atoms with E-state index in [1.54, 1.807) is 6.07 Å². The first-order valence-electron chi connectivity index (χ1n) is 5.01. The summed E-state index contributed by atoms with van der Waals surface area (Å²) < 4.78 is 0. The summed E-state index contributed by atoms with van der Waals surface area (Å²) in [5.74, 6) is 0. The van der Waals surface area contributed by atoms with Crippen molar-refractivity contribution in [3.05, 3.63) is 29.8 Å². The van der Waals surface area contributed by atoms with Gasteiger partial charge in [0.2, 0.25) is 0 Å². The molecule has 0 spiro atoms. The molecule has 2 amide bonds. The molecule has 5 heteroatoms. The molecule has 0 aliphatic carbocycles. The Labute approximate surface area is 94.1 Å². The summed E-state index contributed by atoms with van der Waals surface area (Å²) in [6, 6.07) is 6.27. The largest absolute Gasteiger partial charge is 0.394 e. The predicted molar refractivity (Wildman–Crippen MR) is 61.3 cm³/mol. The van der Waals surface area contributed by atoms with Crippen molar-refractivity contribution < 1.29 is 15.0 Å². The molecule has 0 radical (unpaired) electrons. The van der Waals surface area contributed by atoms with Crippen molar-refractivity contribution in [2.45, 2.75) is 13.0 Å². The summed E-state index contributed by atoms with van der Waals surface area (Å²) in [6.45, 7) is 1.34. The summed E-state index contributed by atoms with van der Waals surface area (Å²) in [5.41, 5.74) is 1.71. The minimum Gasteiger partial charge on any atom is -0.394 e. The van der Waals surface area contributed by atoms with Crippen LogP contribution in [0.1, 0.15) is 5.56 Å². The van der Waals surface area contributed by atoms with Crippen molar-refractivity contribution in [3.8, 4) is 0 Å². The highest BCUT2D eigenvalue weighted by Crippen LogP contribution is 2.08. The van der Waals surface area contributed by atoms with E-state index in [4.69, 9.17) is 10.2 Å². The number of amides is 2. The molecule has 0 atom stereocenters. The van der Waals surface area contributed by atoms with Crippen LogP contribution >= 0.6 is 0 Å². The summed E-state index contributed by atoms with van der Waals surface area (Å²) >= 11 is 0. The maximum Gasteiger partial charge on any atom is 0.319 e. The Bertz CT molecular complexity index is 351. The minimum absolute atomic E-state index is 0.294. The van der Waals surface area contributed by atoms with Gasteiger partial charge in [0.05, 0.1) is 19.3 Å². The van der Waals surface area contributed by atoms with E-state index in [1.807, 2.05) is 25.1 Å². The average Bonchev–Trinajstić information content (AvgIpc) is 2.26. The lowest BCUT2D eigenvalue weighted by Crippen LogP contribution is -2.42. The third-order valence-electron chi connectivity index (χ3n) is 2.05. The number of hydrogen-bond donors (Lipinski definition) is 4. The van der Waals surface area contributed by atoms with E-state index in [-0.39, 0.29) is 13.2 Å². The number of carbonyl (C=O) groups is 1. The monoisotopic (exact) mass is 224 g/mol. The third-order valence-corrected chi connectivity index (χ3v) is 2.05. The third kappa shape index (κ3) is 3.88. The van der Waals surface area contributed by atoms with Crippen molar-refractivity contribution in [1.29, 1.82) is 0 Å². The molecule has 1 rings (SSSR count). The molecule has 0 heterocycles. The van der Waals surface area contributed by atoms with Gasteiger partial charge < -0.3 is 20.8 Å². The molecule has 1 aromatic rings. The maximum absolute atomic E-state index is 11.4. The van der Waals surface area contributed by atoms with E-state index in [1.165, 1.54) is 0 Å².